The topological polar surface area (TPSA) is 68.9 Å². The molecule has 2 aliphatic rings. The van der Waals surface area contributed by atoms with Crippen LogP contribution in [0, 0.1) is 11.2 Å². The number of amidine groups is 2. The van der Waals surface area contributed by atoms with Gasteiger partial charge in [0, 0.05) is 0 Å². The number of aliphatic imine (C=N–C) groups is 1. The highest BCUT2D eigenvalue weighted by atomic mass is 32.2. The summed E-state index contributed by atoms with van der Waals surface area (Å²) in [5.41, 5.74) is 0.805. The number of unbranched alkanes of at least 4 members (excludes halogenated alkanes) is 4. The number of benzene rings is 1. The molecule has 1 aromatic carbocycles. The van der Waals surface area contributed by atoms with Crippen LogP contribution < -0.4 is 0 Å². The Morgan fingerprint density at radius 3 is 2.65 bits per heavy atom. The van der Waals surface area contributed by atoms with E-state index >= 15 is 0 Å². The number of nitrogens with zero attached hydrogens (tertiary/aromatic N) is 3. The predicted octanol–water partition coefficient (Wildman–Crippen LogP) is 4.81. The molecule has 136 valence electrons. The summed E-state index contributed by atoms with van der Waals surface area (Å²) in [7, 11) is 0. The molecule has 26 heavy (non-hydrogen) atoms. The number of nitrogens with one attached hydrogen (secondary N) is 1. The van der Waals surface area contributed by atoms with E-state index in [0.717, 1.165) is 24.3 Å². The van der Waals surface area contributed by atoms with Gasteiger partial charge in [-0.3, -0.25) is 10.2 Å². The van der Waals surface area contributed by atoms with Gasteiger partial charge in [0.25, 0.3) is 5.91 Å². The Morgan fingerprint density at radius 1 is 1.19 bits per heavy atom. The summed E-state index contributed by atoms with van der Waals surface area (Å²) in [6, 6.07) is 5.76. The average molecular weight is 372 g/mol. The third kappa shape index (κ3) is 4.27. The fraction of sp³-hybridized carbons (Fsp3) is 0.368. The molecule has 2 heterocycles. The number of carbonyl (C=O) groups is 1. The Labute approximate surface area is 156 Å². The molecule has 0 fully saturated rings. The Hall–Kier alpha value is -2.28. The van der Waals surface area contributed by atoms with Gasteiger partial charge in [0.1, 0.15) is 10.9 Å². The second-order valence-electron chi connectivity index (χ2n) is 6.23. The van der Waals surface area contributed by atoms with E-state index < -0.39 is 5.91 Å². The number of halogens is 1. The minimum absolute atomic E-state index is 0.0119. The van der Waals surface area contributed by atoms with E-state index in [2.05, 4.69) is 17.0 Å². The minimum atomic E-state index is -0.461. The maximum absolute atomic E-state index is 13.0. The smallest absolute Gasteiger partial charge is 0.282 e. The number of carbonyl (C=O) groups excluding carboxylic acids is 1. The highest BCUT2D eigenvalue weighted by Gasteiger charge is 2.35. The Balaban J connectivity index is 1.70. The second-order valence-corrected chi connectivity index (χ2v) is 7.27. The van der Waals surface area contributed by atoms with Crippen molar-refractivity contribution >= 4 is 39.8 Å². The first-order valence-electron chi connectivity index (χ1n) is 8.83. The molecular weight excluding hydrogens is 351 g/mol. The quantitative estimate of drug-likeness (QED) is 0.552. The van der Waals surface area contributed by atoms with E-state index in [9.17, 15) is 9.18 Å². The van der Waals surface area contributed by atoms with Gasteiger partial charge in [-0.15, -0.1) is 0 Å². The maximum Gasteiger partial charge on any atom is 0.283 e. The van der Waals surface area contributed by atoms with Gasteiger partial charge in [-0.1, -0.05) is 44.7 Å². The van der Waals surface area contributed by atoms with E-state index in [1.54, 1.807) is 18.2 Å². The van der Waals surface area contributed by atoms with Gasteiger partial charge in [-0.05, 0) is 48.4 Å². The first-order valence-corrected chi connectivity index (χ1v) is 9.65. The van der Waals surface area contributed by atoms with Crippen LogP contribution in [0.4, 0.5) is 4.39 Å². The molecule has 0 radical (unpaired) electrons. The van der Waals surface area contributed by atoms with Crippen LogP contribution in [-0.4, -0.2) is 27.0 Å². The van der Waals surface area contributed by atoms with Gasteiger partial charge in [-0.2, -0.15) is 15.1 Å². The zero-order valence-corrected chi connectivity index (χ0v) is 15.5. The van der Waals surface area contributed by atoms with Crippen LogP contribution in [-0.2, 0) is 4.79 Å². The first kappa shape index (κ1) is 18.5. The van der Waals surface area contributed by atoms with Crippen LogP contribution >= 0.6 is 11.8 Å². The van der Waals surface area contributed by atoms with Crippen molar-refractivity contribution in [3.05, 3.63) is 41.2 Å². The van der Waals surface area contributed by atoms with Crippen molar-refractivity contribution in [3.8, 4) is 0 Å². The first-order chi connectivity index (χ1) is 12.6. The van der Waals surface area contributed by atoms with Crippen LogP contribution in [0.3, 0.4) is 0 Å². The van der Waals surface area contributed by atoms with Crippen LogP contribution in [0.2, 0.25) is 0 Å². The van der Waals surface area contributed by atoms with E-state index in [1.807, 2.05) is 0 Å². The van der Waals surface area contributed by atoms with Crippen LogP contribution in [0.5, 0.6) is 0 Å². The Bertz CT molecular complexity index is 798. The van der Waals surface area contributed by atoms with E-state index in [1.165, 1.54) is 48.2 Å². The molecule has 0 saturated carbocycles. The van der Waals surface area contributed by atoms with Crippen molar-refractivity contribution in [2.75, 3.05) is 0 Å². The normalized spacial score (nSPS) is 18.2. The number of fused-ring (bicyclic) bond motifs is 1. The van der Waals surface area contributed by atoms with Gasteiger partial charge < -0.3 is 0 Å². The predicted molar refractivity (Wildman–Crippen MR) is 105 cm³/mol. The summed E-state index contributed by atoms with van der Waals surface area (Å²) in [5, 5.41) is 15.5. The Kier molecular flexibility index (Phi) is 5.98. The molecule has 2 aliphatic heterocycles. The van der Waals surface area contributed by atoms with Crippen molar-refractivity contribution in [1.29, 1.82) is 5.41 Å². The van der Waals surface area contributed by atoms with Crippen molar-refractivity contribution in [2.24, 2.45) is 10.1 Å². The summed E-state index contributed by atoms with van der Waals surface area (Å²) in [4.78, 5) is 16.4. The largest absolute Gasteiger partial charge is 0.283 e. The molecule has 0 bridgehead atoms. The fourth-order valence-corrected chi connectivity index (χ4v) is 3.66. The van der Waals surface area contributed by atoms with Crippen molar-refractivity contribution in [1.82, 2.24) is 5.01 Å². The number of hydrogen-bond acceptors (Lipinski definition) is 4. The molecule has 1 amide bonds. The fourth-order valence-electron chi connectivity index (χ4n) is 2.74. The maximum atomic E-state index is 13.0. The molecule has 7 heteroatoms. The number of amides is 1. The lowest BCUT2D eigenvalue weighted by molar-refractivity contribution is -0.114. The number of rotatable bonds is 7. The molecule has 1 N–H and O–H groups in total. The molecule has 1 aromatic rings. The lowest BCUT2D eigenvalue weighted by atomic mass is 10.1. The third-order valence-electron chi connectivity index (χ3n) is 4.17. The van der Waals surface area contributed by atoms with Crippen molar-refractivity contribution in [3.63, 3.8) is 0 Å². The summed E-state index contributed by atoms with van der Waals surface area (Å²) >= 11 is 1.36. The summed E-state index contributed by atoms with van der Waals surface area (Å²) < 4.78 is 13.0. The van der Waals surface area contributed by atoms with E-state index in [0.29, 0.717) is 10.7 Å². The molecule has 0 aliphatic carbocycles. The lowest BCUT2D eigenvalue weighted by Gasteiger charge is -2.20. The second kappa shape index (κ2) is 8.40. The Morgan fingerprint density at radius 2 is 1.92 bits per heavy atom. The SMILES string of the molecule is CCCCCCCC1=NN2C(=N)/C(=C/c3ccc(F)cc3)C(=O)N=C2S1. The molecule has 0 aromatic heterocycles. The van der Waals surface area contributed by atoms with E-state index in [-0.39, 0.29) is 17.2 Å². The van der Waals surface area contributed by atoms with Gasteiger partial charge >= 0.3 is 0 Å². The van der Waals surface area contributed by atoms with Gasteiger partial charge in [0.15, 0.2) is 5.84 Å². The van der Waals surface area contributed by atoms with Crippen molar-refractivity contribution < 1.29 is 9.18 Å². The van der Waals surface area contributed by atoms with Gasteiger partial charge in [-0.25, -0.2) is 4.39 Å². The standard InChI is InChI=1S/C19H21FN4OS/c1-2-3-4-5-6-7-16-23-24-17(21)15(18(25)22-19(24)26-16)12-13-8-10-14(20)11-9-13/h8-12,21H,2-7H2,1H3/b15-12-,21-17?. The summed E-state index contributed by atoms with van der Waals surface area (Å²) in [6.45, 7) is 2.19. The minimum Gasteiger partial charge on any atom is -0.282 e. The zero-order chi connectivity index (χ0) is 18.5. The van der Waals surface area contributed by atoms with Crippen LogP contribution in [0.25, 0.3) is 6.08 Å². The lowest BCUT2D eigenvalue weighted by Crippen LogP contribution is -2.35. The number of thioether (sulfide) groups is 1. The number of hydrazone groups is 1. The monoisotopic (exact) mass is 372 g/mol. The molecule has 0 atom stereocenters. The number of hydrogen-bond donors (Lipinski definition) is 1. The van der Waals surface area contributed by atoms with Gasteiger partial charge in [0.05, 0.1) is 5.57 Å². The zero-order valence-electron chi connectivity index (χ0n) is 14.7. The highest BCUT2D eigenvalue weighted by molar-refractivity contribution is 8.26. The van der Waals surface area contributed by atoms with Gasteiger partial charge in [0.2, 0.25) is 5.17 Å². The molecule has 0 unspecified atom stereocenters. The van der Waals surface area contributed by atoms with Crippen molar-refractivity contribution in [2.45, 2.75) is 45.4 Å². The van der Waals surface area contributed by atoms with Crippen LogP contribution in [0.15, 0.2) is 39.9 Å². The van der Waals surface area contributed by atoms with Crippen LogP contribution in [0.1, 0.15) is 51.0 Å². The molecule has 3 rings (SSSR count). The third-order valence-corrected chi connectivity index (χ3v) is 5.14. The molecular formula is C19H21FN4OS. The summed E-state index contributed by atoms with van der Waals surface area (Å²) in [6.07, 6.45) is 8.27. The molecule has 0 spiro atoms. The average Bonchev–Trinajstić information content (AvgIpc) is 3.03. The molecule has 0 saturated heterocycles. The van der Waals surface area contributed by atoms with E-state index in [4.69, 9.17) is 5.41 Å². The highest BCUT2D eigenvalue weighted by Crippen LogP contribution is 2.30. The summed E-state index contributed by atoms with van der Waals surface area (Å²) in [5.74, 6) is -0.795. The molecule has 5 nitrogen and oxygen atoms in total.